The van der Waals surface area contributed by atoms with Crippen molar-refractivity contribution < 1.29 is 55.3 Å². The zero-order valence-corrected chi connectivity index (χ0v) is 42.6. The number of carbonyl (C=O) groups excluding carboxylic acids is 3. The summed E-state index contributed by atoms with van der Waals surface area (Å²) in [7, 11) is 0.582. The number of hydrogen-bond acceptors (Lipinski definition) is 15. The minimum atomic E-state index is -3.69. The van der Waals surface area contributed by atoms with E-state index in [2.05, 4.69) is 0 Å². The lowest BCUT2D eigenvalue weighted by molar-refractivity contribution is -0.124. The second-order valence-corrected chi connectivity index (χ2v) is 21.9. The molecule has 0 fully saturated rings. The molecule has 0 radical (unpaired) electrons. The molecule has 384 valence electrons. The molecule has 6 aromatic rings. The Morgan fingerprint density at radius 3 is 0.833 bits per heavy atom. The van der Waals surface area contributed by atoms with Crippen LogP contribution < -0.4 is 16.4 Å². The molecule has 0 aliphatic heterocycles. The molecule has 3 amide bonds. The van der Waals surface area contributed by atoms with Crippen LogP contribution in [0.3, 0.4) is 0 Å². The summed E-state index contributed by atoms with van der Waals surface area (Å²) in [6.07, 6.45) is 15.9. The van der Waals surface area contributed by atoms with Gasteiger partial charge in [-0.3, -0.25) is 30.0 Å². The molecule has 0 bridgehead atoms. The van der Waals surface area contributed by atoms with Gasteiger partial charge in [-0.05, 0) is 148 Å². The third kappa shape index (κ3) is 17.0. The Hall–Kier alpha value is -7.26. The Bertz CT molecular complexity index is 2850. The number of benzene rings is 3. The number of aromatic nitrogens is 3. The van der Waals surface area contributed by atoms with Crippen LogP contribution in [0.1, 0.15) is 33.4 Å². The van der Waals surface area contributed by atoms with Crippen molar-refractivity contribution in [2.75, 3.05) is 42.3 Å². The van der Waals surface area contributed by atoms with Gasteiger partial charge in [0, 0.05) is 75.0 Å². The number of hydrogen-bond donors (Lipinski definition) is 6. The van der Waals surface area contributed by atoms with Crippen LogP contribution in [0.15, 0.2) is 161 Å². The molecule has 0 saturated carbocycles. The summed E-state index contributed by atoms with van der Waals surface area (Å²) in [4.78, 5) is 39.4. The van der Waals surface area contributed by atoms with Crippen LogP contribution in [0.5, 0.6) is 0 Å². The van der Waals surface area contributed by atoms with E-state index in [1.54, 1.807) is 91.0 Å². The largest absolute Gasteiger partial charge is 0.305 e. The number of hydroxylamine groups is 3. The van der Waals surface area contributed by atoms with Gasteiger partial charge in [0.05, 0.1) is 14.7 Å². The highest BCUT2D eigenvalue weighted by molar-refractivity contribution is 7.90. The minimum absolute atomic E-state index is 0.184. The highest BCUT2D eigenvalue weighted by atomic mass is 32.2. The number of amides is 3. The highest BCUT2D eigenvalue weighted by Gasteiger charge is 2.19. The number of carbonyl (C=O) groups is 3. The zero-order valence-electron chi connectivity index (χ0n) is 40.1. The number of nitrogens with zero attached hydrogens (tertiary/aromatic N) is 6. The first kappa shape index (κ1) is 57.3. The number of nitrogens with one attached hydrogen (secondary N) is 3. The third-order valence-electron chi connectivity index (χ3n) is 9.68. The van der Waals surface area contributed by atoms with E-state index in [1.807, 2.05) is 57.0 Å². The first-order valence-electron chi connectivity index (χ1n) is 21.4. The molecule has 0 unspecified atom stereocenters. The van der Waals surface area contributed by atoms with Gasteiger partial charge in [0.1, 0.15) is 0 Å². The van der Waals surface area contributed by atoms with Gasteiger partial charge < -0.3 is 14.7 Å². The van der Waals surface area contributed by atoms with Crippen LogP contribution in [0, 0.1) is 0 Å². The summed E-state index contributed by atoms with van der Waals surface area (Å²) in [5.41, 5.74) is 9.00. The zero-order chi connectivity index (χ0) is 53.2. The maximum absolute atomic E-state index is 12.6. The molecular weight excluding hydrogens is 991 g/mol. The minimum Gasteiger partial charge on any atom is -0.305 e. The second-order valence-electron chi connectivity index (χ2n) is 16.4. The highest BCUT2D eigenvalue weighted by Crippen LogP contribution is 2.20. The van der Waals surface area contributed by atoms with Crippen molar-refractivity contribution in [2.45, 2.75) is 34.3 Å². The van der Waals surface area contributed by atoms with Crippen LogP contribution in [0.4, 0.5) is 0 Å². The molecule has 6 N–H and O–H groups in total. The Morgan fingerprint density at radius 1 is 0.417 bits per heavy atom. The topological polar surface area (TPSA) is 275 Å². The summed E-state index contributed by atoms with van der Waals surface area (Å²) in [6.45, 7) is 2.18. The predicted octanol–water partition coefficient (Wildman–Crippen LogP) is 3.92. The van der Waals surface area contributed by atoms with Crippen molar-refractivity contribution >= 4 is 66.0 Å². The molecule has 21 nitrogen and oxygen atoms in total. The molecule has 0 aliphatic carbocycles. The summed E-state index contributed by atoms with van der Waals surface area (Å²) in [6, 6.07) is 24.8. The van der Waals surface area contributed by atoms with Crippen molar-refractivity contribution in [3.63, 3.8) is 0 Å². The van der Waals surface area contributed by atoms with E-state index in [1.165, 1.54) is 71.8 Å². The van der Waals surface area contributed by atoms with Crippen LogP contribution in [-0.2, 0) is 64.1 Å². The lowest BCUT2D eigenvalue weighted by atomic mass is 10.2. The predicted molar refractivity (Wildman–Crippen MR) is 269 cm³/mol. The van der Waals surface area contributed by atoms with Crippen LogP contribution in [0.2, 0.25) is 0 Å². The Kier molecular flexibility index (Phi) is 20.9. The van der Waals surface area contributed by atoms with E-state index in [0.717, 1.165) is 66.5 Å². The lowest BCUT2D eigenvalue weighted by Gasteiger charge is -2.10. The van der Waals surface area contributed by atoms with E-state index in [4.69, 9.17) is 15.6 Å². The molecule has 3 heterocycles. The van der Waals surface area contributed by atoms with E-state index >= 15 is 0 Å². The third-order valence-corrected chi connectivity index (χ3v) is 14.6. The van der Waals surface area contributed by atoms with E-state index in [9.17, 15) is 39.6 Å². The van der Waals surface area contributed by atoms with Crippen LogP contribution >= 0.6 is 0 Å². The molecule has 6 rings (SSSR count). The van der Waals surface area contributed by atoms with Crippen molar-refractivity contribution in [3.05, 3.63) is 180 Å². The average molecular weight is 1050 g/mol. The van der Waals surface area contributed by atoms with Gasteiger partial charge in [-0.15, -0.1) is 0 Å². The van der Waals surface area contributed by atoms with Crippen LogP contribution in [0.25, 0.3) is 18.2 Å². The van der Waals surface area contributed by atoms with E-state index in [0.29, 0.717) is 16.7 Å². The van der Waals surface area contributed by atoms with Crippen LogP contribution in [-0.4, -0.2) is 127 Å². The first-order chi connectivity index (χ1) is 34.0. The monoisotopic (exact) mass is 1050 g/mol. The summed E-state index contributed by atoms with van der Waals surface area (Å²) >= 11 is 0. The number of rotatable bonds is 18. The molecule has 0 aliphatic rings. The Labute approximate surface area is 418 Å². The van der Waals surface area contributed by atoms with Gasteiger partial charge in [0.25, 0.3) is 47.8 Å². The molecular formula is C48H57N9O12S3. The van der Waals surface area contributed by atoms with Crippen molar-refractivity contribution in [2.24, 2.45) is 0 Å². The van der Waals surface area contributed by atoms with Gasteiger partial charge in [0.2, 0.25) is 0 Å². The molecule has 0 atom stereocenters. The van der Waals surface area contributed by atoms with E-state index < -0.39 is 47.8 Å². The van der Waals surface area contributed by atoms with Gasteiger partial charge in [-0.1, -0.05) is 36.4 Å². The van der Waals surface area contributed by atoms with E-state index in [-0.39, 0.29) is 14.7 Å². The maximum Gasteiger partial charge on any atom is 0.267 e. The lowest BCUT2D eigenvalue weighted by Crippen LogP contribution is -2.14. The fourth-order valence-corrected chi connectivity index (χ4v) is 9.93. The van der Waals surface area contributed by atoms with Crippen molar-refractivity contribution in [1.82, 2.24) is 43.1 Å². The second kappa shape index (κ2) is 26.3. The fraction of sp³-hybridized carbons (Fsp3) is 0.188. The summed E-state index contributed by atoms with van der Waals surface area (Å²) < 4.78 is 78.8. The van der Waals surface area contributed by atoms with Gasteiger partial charge in [-0.2, -0.15) is 0 Å². The van der Waals surface area contributed by atoms with Gasteiger partial charge >= 0.3 is 0 Å². The molecule has 0 spiro atoms. The van der Waals surface area contributed by atoms with Gasteiger partial charge in [0.15, 0.2) is 0 Å². The van der Waals surface area contributed by atoms with Crippen molar-refractivity contribution in [1.29, 1.82) is 0 Å². The summed E-state index contributed by atoms with van der Waals surface area (Å²) in [5, 5.41) is 25.3. The van der Waals surface area contributed by atoms with Crippen molar-refractivity contribution in [3.8, 4) is 0 Å². The Morgan fingerprint density at radius 2 is 0.639 bits per heavy atom. The average Bonchev–Trinajstić information content (AvgIpc) is 4.15. The molecule has 0 saturated heterocycles. The molecule has 3 aromatic carbocycles. The van der Waals surface area contributed by atoms with Gasteiger partial charge in [-0.25, -0.2) is 53.6 Å². The Balaban J connectivity index is 0.000000234. The fourth-order valence-electron chi connectivity index (χ4n) is 6.31. The standard InChI is InChI=1S/3C16H19N3O4S/c3*1-18(2)11-13-3-6-15(7-4-13)24(22,23)19-10-9-14(12-19)5-8-16(20)17-21/h3*3-10,12,21H,11H2,1-2H3,(H,17,20)/b3*8-5+. The summed E-state index contributed by atoms with van der Waals surface area (Å²) in [5.74, 6) is -2.08. The quantitative estimate of drug-likeness (QED) is 0.0405. The molecule has 72 heavy (non-hydrogen) atoms. The first-order valence-corrected chi connectivity index (χ1v) is 25.7. The molecule has 24 heteroatoms. The SMILES string of the molecule is CN(C)Cc1ccc(S(=O)(=O)n2ccc(/C=C/C(=O)NO)c2)cc1.CN(C)Cc1ccc(S(=O)(=O)n2ccc(/C=C/C(=O)NO)c2)cc1.CN(C)Cc1ccc(S(=O)(=O)n2ccc(/C=C/C(=O)NO)c2)cc1. The normalized spacial score (nSPS) is 12.0. The maximum atomic E-state index is 12.6. The smallest absolute Gasteiger partial charge is 0.267 e. The molecule has 3 aromatic heterocycles.